The van der Waals surface area contributed by atoms with Gasteiger partial charge in [-0.3, -0.25) is 19.3 Å². The highest BCUT2D eigenvalue weighted by Gasteiger charge is 2.22. The van der Waals surface area contributed by atoms with Gasteiger partial charge < -0.3 is 15.2 Å². The molecule has 2 amide bonds. The molecule has 0 bridgehead atoms. The molecule has 2 aromatic rings. The molecular formula is C21H26N4O3. The fourth-order valence-corrected chi connectivity index (χ4v) is 3.33. The second kappa shape index (κ2) is 9.85. The van der Waals surface area contributed by atoms with Gasteiger partial charge in [0.25, 0.3) is 5.56 Å². The Balaban J connectivity index is 1.35. The molecule has 148 valence electrons. The number of rotatable bonds is 7. The minimum Gasteiger partial charge on any atom is -0.353 e. The number of pyridine rings is 1. The van der Waals surface area contributed by atoms with Gasteiger partial charge in [-0.2, -0.15) is 0 Å². The highest BCUT2D eigenvalue weighted by atomic mass is 16.2. The summed E-state index contributed by atoms with van der Waals surface area (Å²) in [5, 5.41) is 5.93. The summed E-state index contributed by atoms with van der Waals surface area (Å²) < 4.78 is 1.54. The van der Waals surface area contributed by atoms with Crippen molar-refractivity contribution in [3.05, 3.63) is 65.1 Å². The van der Waals surface area contributed by atoms with E-state index in [-0.39, 0.29) is 29.8 Å². The number of carbonyl (C=O) groups excluding carboxylic acids is 2. The van der Waals surface area contributed by atoms with E-state index in [2.05, 4.69) is 15.5 Å². The highest BCUT2D eigenvalue weighted by molar-refractivity contribution is 5.92. The molecule has 7 nitrogen and oxygen atoms in total. The number of piperidine rings is 1. The van der Waals surface area contributed by atoms with Crippen LogP contribution in [0.1, 0.15) is 19.3 Å². The molecule has 7 heteroatoms. The molecule has 1 aromatic carbocycles. The summed E-state index contributed by atoms with van der Waals surface area (Å²) in [7, 11) is 0. The molecule has 1 saturated heterocycles. The van der Waals surface area contributed by atoms with Crippen LogP contribution in [-0.2, 0) is 16.1 Å². The lowest BCUT2D eigenvalue weighted by Crippen LogP contribution is -2.46. The molecule has 0 radical (unpaired) electrons. The van der Waals surface area contributed by atoms with Gasteiger partial charge in [0.15, 0.2) is 0 Å². The first-order chi connectivity index (χ1) is 13.6. The molecule has 28 heavy (non-hydrogen) atoms. The summed E-state index contributed by atoms with van der Waals surface area (Å²) in [5.41, 5.74) is 0.699. The lowest BCUT2D eigenvalue weighted by atomic mass is 10.0. The van der Waals surface area contributed by atoms with Crippen molar-refractivity contribution in [3.63, 3.8) is 0 Å². The molecule has 1 aliphatic rings. The van der Waals surface area contributed by atoms with E-state index in [1.807, 2.05) is 30.3 Å². The zero-order valence-corrected chi connectivity index (χ0v) is 15.8. The van der Waals surface area contributed by atoms with Crippen molar-refractivity contribution in [3.8, 4) is 0 Å². The van der Waals surface area contributed by atoms with E-state index < -0.39 is 0 Å². The third kappa shape index (κ3) is 6.06. The topological polar surface area (TPSA) is 83.4 Å². The minimum absolute atomic E-state index is 0.0259. The first-order valence-electron chi connectivity index (χ1n) is 9.62. The van der Waals surface area contributed by atoms with Crippen molar-refractivity contribution < 1.29 is 9.59 Å². The number of anilines is 1. The number of carbonyl (C=O) groups is 2. The standard InChI is InChI=1S/C21H26N4O3/c26-19(11-15-25-12-5-4-8-21(25)28)22-18-9-13-24(14-10-18)16-20(27)23-17-6-2-1-3-7-17/h1-8,12,18H,9-11,13-16H2,(H,22,26)(H,23,27). The number of nitrogens with zero attached hydrogens (tertiary/aromatic N) is 2. The predicted octanol–water partition coefficient (Wildman–Crippen LogP) is 1.46. The Morgan fingerprint density at radius 3 is 2.39 bits per heavy atom. The maximum Gasteiger partial charge on any atom is 0.250 e. The van der Waals surface area contributed by atoms with Crippen molar-refractivity contribution >= 4 is 17.5 Å². The van der Waals surface area contributed by atoms with E-state index in [0.717, 1.165) is 31.6 Å². The van der Waals surface area contributed by atoms with E-state index in [9.17, 15) is 14.4 Å². The van der Waals surface area contributed by atoms with Gasteiger partial charge in [-0.05, 0) is 31.0 Å². The number of para-hydroxylation sites is 1. The van der Waals surface area contributed by atoms with Crippen LogP contribution in [0.15, 0.2) is 59.5 Å². The van der Waals surface area contributed by atoms with Crippen LogP contribution in [-0.4, -0.2) is 47.0 Å². The zero-order valence-electron chi connectivity index (χ0n) is 15.8. The number of aryl methyl sites for hydroxylation is 1. The fraction of sp³-hybridized carbons (Fsp3) is 0.381. The van der Waals surface area contributed by atoms with E-state index in [4.69, 9.17) is 0 Å². The lowest BCUT2D eigenvalue weighted by molar-refractivity contribution is -0.123. The van der Waals surface area contributed by atoms with Crippen LogP contribution in [0.4, 0.5) is 5.69 Å². The molecule has 1 aromatic heterocycles. The number of aromatic nitrogens is 1. The average Bonchev–Trinajstić information content (AvgIpc) is 2.69. The first-order valence-corrected chi connectivity index (χ1v) is 9.62. The van der Waals surface area contributed by atoms with Crippen molar-refractivity contribution in [2.75, 3.05) is 25.0 Å². The smallest absolute Gasteiger partial charge is 0.250 e. The largest absolute Gasteiger partial charge is 0.353 e. The normalized spacial score (nSPS) is 15.1. The zero-order chi connectivity index (χ0) is 19.8. The Morgan fingerprint density at radius 2 is 1.68 bits per heavy atom. The van der Waals surface area contributed by atoms with E-state index in [0.29, 0.717) is 13.1 Å². The van der Waals surface area contributed by atoms with Gasteiger partial charge in [0.2, 0.25) is 11.8 Å². The van der Waals surface area contributed by atoms with Gasteiger partial charge in [-0.1, -0.05) is 24.3 Å². The van der Waals surface area contributed by atoms with Crippen LogP contribution in [0.5, 0.6) is 0 Å². The number of nitrogens with one attached hydrogen (secondary N) is 2. The van der Waals surface area contributed by atoms with Crippen LogP contribution in [0.3, 0.4) is 0 Å². The molecule has 1 aliphatic heterocycles. The Kier molecular flexibility index (Phi) is 6.97. The number of benzene rings is 1. The summed E-state index contributed by atoms with van der Waals surface area (Å²) in [6, 6.07) is 14.5. The van der Waals surface area contributed by atoms with Crippen molar-refractivity contribution in [1.82, 2.24) is 14.8 Å². The van der Waals surface area contributed by atoms with Crippen molar-refractivity contribution in [1.29, 1.82) is 0 Å². The number of likely N-dealkylation sites (tertiary alicyclic amines) is 1. The molecule has 2 heterocycles. The third-order valence-corrected chi connectivity index (χ3v) is 4.86. The second-order valence-corrected chi connectivity index (χ2v) is 7.01. The molecule has 0 spiro atoms. The van der Waals surface area contributed by atoms with Gasteiger partial charge in [-0.15, -0.1) is 0 Å². The first kappa shape index (κ1) is 19.8. The quantitative estimate of drug-likeness (QED) is 0.759. The maximum absolute atomic E-state index is 12.2. The Morgan fingerprint density at radius 1 is 0.964 bits per heavy atom. The van der Waals surface area contributed by atoms with E-state index in [1.54, 1.807) is 18.3 Å². The summed E-state index contributed by atoms with van der Waals surface area (Å²) in [5.74, 6) is -0.0713. The predicted molar refractivity (Wildman–Crippen MR) is 108 cm³/mol. The fourth-order valence-electron chi connectivity index (χ4n) is 3.33. The van der Waals surface area contributed by atoms with Gasteiger partial charge in [0.1, 0.15) is 0 Å². The molecule has 0 atom stereocenters. The second-order valence-electron chi connectivity index (χ2n) is 7.01. The molecule has 0 unspecified atom stereocenters. The number of amides is 2. The van der Waals surface area contributed by atoms with E-state index in [1.165, 1.54) is 10.6 Å². The molecular weight excluding hydrogens is 356 g/mol. The Hall–Kier alpha value is -2.93. The highest BCUT2D eigenvalue weighted by Crippen LogP contribution is 2.11. The molecule has 0 saturated carbocycles. The Bertz CT molecular complexity index is 842. The molecule has 1 fully saturated rings. The summed E-state index contributed by atoms with van der Waals surface area (Å²) in [6.45, 7) is 2.27. The van der Waals surface area contributed by atoms with Gasteiger partial charge in [-0.25, -0.2) is 0 Å². The maximum atomic E-state index is 12.2. The van der Waals surface area contributed by atoms with Crippen LogP contribution in [0.25, 0.3) is 0 Å². The van der Waals surface area contributed by atoms with Crippen LogP contribution < -0.4 is 16.2 Å². The number of hydrogen-bond acceptors (Lipinski definition) is 4. The van der Waals surface area contributed by atoms with Gasteiger partial charge >= 0.3 is 0 Å². The summed E-state index contributed by atoms with van der Waals surface area (Å²) >= 11 is 0. The molecule has 2 N–H and O–H groups in total. The number of hydrogen-bond donors (Lipinski definition) is 2. The lowest BCUT2D eigenvalue weighted by Gasteiger charge is -2.31. The van der Waals surface area contributed by atoms with Crippen molar-refractivity contribution in [2.24, 2.45) is 0 Å². The van der Waals surface area contributed by atoms with Gasteiger partial charge in [0, 0.05) is 50.0 Å². The van der Waals surface area contributed by atoms with Gasteiger partial charge in [0.05, 0.1) is 6.54 Å². The minimum atomic E-state index is -0.0996. The Labute approximate surface area is 164 Å². The molecule has 3 rings (SSSR count). The van der Waals surface area contributed by atoms with E-state index >= 15 is 0 Å². The summed E-state index contributed by atoms with van der Waals surface area (Å²) in [4.78, 5) is 38.0. The molecule has 0 aliphatic carbocycles. The van der Waals surface area contributed by atoms with Crippen molar-refractivity contribution in [2.45, 2.75) is 31.8 Å². The monoisotopic (exact) mass is 382 g/mol. The average molecular weight is 382 g/mol. The SMILES string of the molecule is O=C(CN1CCC(NC(=O)CCn2ccccc2=O)CC1)Nc1ccccc1. The third-order valence-electron chi connectivity index (χ3n) is 4.86. The van der Waals surface area contributed by atoms with Crippen LogP contribution in [0.2, 0.25) is 0 Å². The summed E-state index contributed by atoms with van der Waals surface area (Å²) in [6.07, 6.45) is 3.60. The van der Waals surface area contributed by atoms with Crippen LogP contribution >= 0.6 is 0 Å². The van der Waals surface area contributed by atoms with Crippen LogP contribution in [0, 0.1) is 0 Å².